The number of fused-ring (bicyclic) bond motifs is 1. The van der Waals surface area contributed by atoms with Gasteiger partial charge in [0.25, 0.3) is 0 Å². The van der Waals surface area contributed by atoms with Gasteiger partial charge < -0.3 is 5.32 Å². The zero-order chi connectivity index (χ0) is 12.0. The lowest BCUT2D eigenvalue weighted by molar-refractivity contribution is 0.455. The van der Waals surface area contributed by atoms with Crippen LogP contribution in [0.1, 0.15) is 31.2 Å². The van der Waals surface area contributed by atoms with E-state index in [1.165, 1.54) is 48.7 Å². The molecule has 0 atom stereocenters. The Morgan fingerprint density at radius 2 is 2.06 bits per heavy atom. The highest BCUT2D eigenvalue weighted by atomic mass is 32.1. The van der Waals surface area contributed by atoms with Crippen molar-refractivity contribution in [3.05, 3.63) is 35.2 Å². The van der Waals surface area contributed by atoms with Gasteiger partial charge in [-0.25, -0.2) is 0 Å². The summed E-state index contributed by atoms with van der Waals surface area (Å²) in [7, 11) is 0. The highest BCUT2D eigenvalue weighted by Gasteiger charge is 2.43. The first-order valence-corrected chi connectivity index (χ1v) is 7.91. The fraction of sp³-hybridized carbons (Fsp3) is 0.500. The molecule has 0 radical (unpaired) electrons. The molecule has 4 rings (SSSR count). The lowest BCUT2D eigenvalue weighted by Crippen LogP contribution is -2.27. The van der Waals surface area contributed by atoms with Gasteiger partial charge in [-0.1, -0.05) is 18.2 Å². The van der Waals surface area contributed by atoms with Crippen LogP contribution in [0.25, 0.3) is 10.1 Å². The van der Waals surface area contributed by atoms with Crippen molar-refractivity contribution in [3.63, 3.8) is 0 Å². The molecule has 2 aliphatic carbocycles. The summed E-state index contributed by atoms with van der Waals surface area (Å²) in [6, 6.07) is 9.68. The second kappa shape index (κ2) is 4.07. The Balaban J connectivity index is 1.52. The average molecular weight is 257 g/mol. The minimum Gasteiger partial charge on any atom is -0.313 e. The van der Waals surface area contributed by atoms with Crippen LogP contribution in [0.4, 0.5) is 0 Å². The Hall–Kier alpha value is -0.860. The van der Waals surface area contributed by atoms with E-state index in [2.05, 4.69) is 35.0 Å². The second-order valence-corrected chi connectivity index (χ2v) is 7.00. The van der Waals surface area contributed by atoms with Crippen LogP contribution in [0.15, 0.2) is 29.6 Å². The Morgan fingerprint density at radius 1 is 1.22 bits per heavy atom. The number of hydrogen-bond donors (Lipinski definition) is 1. The fourth-order valence-electron chi connectivity index (χ4n) is 2.81. The molecule has 0 amide bonds. The molecule has 0 spiro atoms. The van der Waals surface area contributed by atoms with Gasteiger partial charge in [0.15, 0.2) is 0 Å². The molecule has 1 aromatic carbocycles. The molecule has 0 unspecified atom stereocenters. The van der Waals surface area contributed by atoms with Crippen molar-refractivity contribution in [2.24, 2.45) is 5.41 Å². The summed E-state index contributed by atoms with van der Waals surface area (Å²) >= 11 is 1.90. The molecule has 2 fully saturated rings. The Kier molecular flexibility index (Phi) is 2.49. The maximum atomic E-state index is 3.72. The van der Waals surface area contributed by atoms with Crippen LogP contribution in [-0.4, -0.2) is 12.6 Å². The third-order valence-electron chi connectivity index (χ3n) is 4.43. The fourth-order valence-corrected chi connectivity index (χ4v) is 3.78. The van der Waals surface area contributed by atoms with Crippen LogP contribution in [0.3, 0.4) is 0 Å². The standard InChI is InChI=1S/C16H19NS/c1-2-4-15-14(3-1)12(10-18-15)9-16(7-8-16)11-17-13-5-6-13/h1-4,10,13,17H,5-9,11H2. The van der Waals surface area contributed by atoms with Gasteiger partial charge in [0.2, 0.25) is 0 Å². The Morgan fingerprint density at radius 3 is 2.83 bits per heavy atom. The summed E-state index contributed by atoms with van der Waals surface area (Å²) in [6.07, 6.45) is 6.90. The third kappa shape index (κ3) is 2.08. The predicted octanol–water partition coefficient (Wildman–Crippen LogP) is 3.98. The highest BCUT2D eigenvalue weighted by Crippen LogP contribution is 2.49. The monoisotopic (exact) mass is 257 g/mol. The largest absolute Gasteiger partial charge is 0.313 e. The summed E-state index contributed by atoms with van der Waals surface area (Å²) in [5.74, 6) is 0. The zero-order valence-electron chi connectivity index (χ0n) is 10.6. The number of hydrogen-bond acceptors (Lipinski definition) is 2. The van der Waals surface area contributed by atoms with E-state index < -0.39 is 0 Å². The number of rotatable bonds is 5. The van der Waals surface area contributed by atoms with Crippen molar-refractivity contribution in [2.75, 3.05) is 6.54 Å². The maximum absolute atomic E-state index is 3.72. The first-order valence-electron chi connectivity index (χ1n) is 7.03. The highest BCUT2D eigenvalue weighted by molar-refractivity contribution is 7.17. The number of nitrogens with one attached hydrogen (secondary N) is 1. The summed E-state index contributed by atoms with van der Waals surface area (Å²) in [4.78, 5) is 0. The molecule has 18 heavy (non-hydrogen) atoms. The van der Waals surface area contributed by atoms with Gasteiger partial charge in [0.1, 0.15) is 0 Å². The normalized spacial score (nSPS) is 21.3. The summed E-state index contributed by atoms with van der Waals surface area (Å²) in [5.41, 5.74) is 2.16. The van der Waals surface area contributed by atoms with Crippen molar-refractivity contribution in [1.29, 1.82) is 0 Å². The second-order valence-electron chi connectivity index (χ2n) is 6.09. The first kappa shape index (κ1) is 11.0. The molecule has 1 nitrogen and oxygen atoms in total. The predicted molar refractivity (Wildman–Crippen MR) is 78.2 cm³/mol. The molecular formula is C16H19NS. The van der Waals surface area contributed by atoms with Crippen molar-refractivity contribution in [2.45, 2.75) is 38.1 Å². The van der Waals surface area contributed by atoms with Crippen LogP contribution < -0.4 is 5.32 Å². The zero-order valence-corrected chi connectivity index (χ0v) is 11.4. The molecule has 0 aliphatic heterocycles. The van der Waals surface area contributed by atoms with E-state index >= 15 is 0 Å². The number of benzene rings is 1. The van der Waals surface area contributed by atoms with Crippen molar-refractivity contribution >= 4 is 21.4 Å². The van der Waals surface area contributed by atoms with Crippen molar-refractivity contribution in [3.8, 4) is 0 Å². The summed E-state index contributed by atoms with van der Waals surface area (Å²) in [6.45, 7) is 1.24. The van der Waals surface area contributed by atoms with E-state index in [1.54, 1.807) is 5.56 Å². The lowest BCUT2D eigenvalue weighted by Gasteiger charge is -2.15. The smallest absolute Gasteiger partial charge is 0.0345 e. The number of thiophene rings is 1. The van der Waals surface area contributed by atoms with E-state index in [9.17, 15) is 0 Å². The molecule has 1 N–H and O–H groups in total. The molecule has 0 saturated heterocycles. The average Bonchev–Trinajstić information content (AvgIpc) is 3.29. The van der Waals surface area contributed by atoms with E-state index in [0.717, 1.165) is 6.04 Å². The Bertz CT molecular complexity index is 563. The quantitative estimate of drug-likeness (QED) is 0.854. The maximum Gasteiger partial charge on any atom is 0.0345 e. The molecule has 2 saturated carbocycles. The molecule has 94 valence electrons. The van der Waals surface area contributed by atoms with Crippen LogP contribution in [0.5, 0.6) is 0 Å². The molecular weight excluding hydrogens is 238 g/mol. The third-order valence-corrected chi connectivity index (χ3v) is 5.44. The lowest BCUT2D eigenvalue weighted by atomic mass is 9.96. The van der Waals surface area contributed by atoms with Gasteiger partial charge >= 0.3 is 0 Å². The van der Waals surface area contributed by atoms with E-state index in [0.29, 0.717) is 5.41 Å². The van der Waals surface area contributed by atoms with Gasteiger partial charge in [-0.2, -0.15) is 0 Å². The minimum absolute atomic E-state index is 0.590. The molecule has 1 heterocycles. The molecule has 2 aliphatic rings. The van der Waals surface area contributed by atoms with Gasteiger partial charge in [0, 0.05) is 17.3 Å². The van der Waals surface area contributed by atoms with Gasteiger partial charge in [0.05, 0.1) is 0 Å². The topological polar surface area (TPSA) is 12.0 Å². The molecule has 1 aromatic heterocycles. The van der Waals surface area contributed by atoms with Gasteiger partial charge in [-0.05, 0) is 59.9 Å². The van der Waals surface area contributed by atoms with Crippen LogP contribution in [0, 0.1) is 5.41 Å². The molecule has 2 aromatic rings. The molecule has 0 bridgehead atoms. The SMILES string of the molecule is c1ccc2c(CC3(CNC4CC4)CC3)csc2c1. The van der Waals surface area contributed by atoms with Gasteiger partial charge in [-0.15, -0.1) is 11.3 Å². The van der Waals surface area contributed by atoms with Crippen molar-refractivity contribution < 1.29 is 0 Å². The van der Waals surface area contributed by atoms with Gasteiger partial charge in [-0.3, -0.25) is 0 Å². The minimum atomic E-state index is 0.590. The van der Waals surface area contributed by atoms with E-state index in [4.69, 9.17) is 0 Å². The van der Waals surface area contributed by atoms with Crippen LogP contribution in [-0.2, 0) is 6.42 Å². The first-order chi connectivity index (χ1) is 8.85. The molecule has 2 heteroatoms. The van der Waals surface area contributed by atoms with E-state index in [-0.39, 0.29) is 0 Å². The Labute approximate surface area is 112 Å². The summed E-state index contributed by atoms with van der Waals surface area (Å²) in [5, 5.41) is 7.59. The van der Waals surface area contributed by atoms with Crippen molar-refractivity contribution in [1.82, 2.24) is 5.32 Å². The van der Waals surface area contributed by atoms with E-state index in [1.807, 2.05) is 11.3 Å². The van der Waals surface area contributed by atoms with Crippen LogP contribution in [0.2, 0.25) is 0 Å². The summed E-state index contributed by atoms with van der Waals surface area (Å²) < 4.78 is 1.44. The van der Waals surface area contributed by atoms with Crippen LogP contribution >= 0.6 is 11.3 Å².